The van der Waals surface area contributed by atoms with Crippen LogP contribution in [0.2, 0.25) is 0 Å². The molecule has 0 radical (unpaired) electrons. The summed E-state index contributed by atoms with van der Waals surface area (Å²) in [6.07, 6.45) is 3.21. The fourth-order valence-corrected chi connectivity index (χ4v) is 2.71. The van der Waals surface area contributed by atoms with Crippen molar-refractivity contribution < 1.29 is 9.26 Å². The Labute approximate surface area is 136 Å². The predicted molar refractivity (Wildman–Crippen MR) is 87.4 cm³/mol. The first-order chi connectivity index (χ1) is 10.4. The summed E-state index contributed by atoms with van der Waals surface area (Å²) >= 11 is 0. The monoisotopic (exact) mass is 323 g/mol. The molecule has 0 saturated carbocycles. The molecular formula is C16H22ClN3O2. The summed E-state index contributed by atoms with van der Waals surface area (Å²) in [6.45, 7) is 4.75. The molecule has 1 aliphatic rings. The Kier molecular flexibility index (Phi) is 6.21. The van der Waals surface area contributed by atoms with Gasteiger partial charge < -0.3 is 14.6 Å². The third kappa shape index (κ3) is 3.99. The fourth-order valence-electron chi connectivity index (χ4n) is 2.71. The standard InChI is InChI=1S/C16H21N3O2.ClH/c1-2-20-14-6-4-3-5-13(14)16-18-15(21-19-16)11-12-7-9-17-10-8-12;/h3-6,12,17H,2,7-11H2,1H3;1H. The highest BCUT2D eigenvalue weighted by molar-refractivity contribution is 5.85. The normalized spacial score (nSPS) is 15.3. The van der Waals surface area contributed by atoms with E-state index in [1.165, 1.54) is 12.8 Å². The number of halogens is 1. The summed E-state index contributed by atoms with van der Waals surface area (Å²) in [5.41, 5.74) is 0.889. The molecule has 1 aromatic carbocycles. The van der Waals surface area contributed by atoms with Crippen LogP contribution in [0, 0.1) is 5.92 Å². The van der Waals surface area contributed by atoms with Gasteiger partial charge in [0, 0.05) is 6.42 Å². The maximum Gasteiger partial charge on any atom is 0.227 e. The average molecular weight is 324 g/mol. The molecule has 2 aromatic rings. The summed E-state index contributed by atoms with van der Waals surface area (Å²) in [7, 11) is 0. The van der Waals surface area contributed by atoms with E-state index in [1.807, 2.05) is 31.2 Å². The molecule has 120 valence electrons. The molecule has 1 fully saturated rings. The van der Waals surface area contributed by atoms with E-state index >= 15 is 0 Å². The van der Waals surface area contributed by atoms with Crippen LogP contribution in [-0.2, 0) is 6.42 Å². The molecule has 1 aromatic heterocycles. The molecule has 1 aliphatic heterocycles. The number of ether oxygens (including phenoxy) is 1. The number of hydrogen-bond donors (Lipinski definition) is 1. The van der Waals surface area contributed by atoms with Gasteiger partial charge in [-0.1, -0.05) is 17.3 Å². The molecule has 1 saturated heterocycles. The van der Waals surface area contributed by atoms with Gasteiger partial charge in [-0.2, -0.15) is 4.98 Å². The molecule has 2 heterocycles. The molecule has 1 N–H and O–H groups in total. The molecule has 3 rings (SSSR count). The highest BCUT2D eigenvalue weighted by atomic mass is 35.5. The zero-order chi connectivity index (χ0) is 14.5. The van der Waals surface area contributed by atoms with Gasteiger partial charge in [0.25, 0.3) is 0 Å². The van der Waals surface area contributed by atoms with Gasteiger partial charge in [0.1, 0.15) is 5.75 Å². The summed E-state index contributed by atoms with van der Waals surface area (Å²) < 4.78 is 11.0. The second-order valence-corrected chi connectivity index (χ2v) is 5.34. The lowest BCUT2D eigenvalue weighted by molar-refractivity contribution is 0.313. The lowest BCUT2D eigenvalue weighted by Crippen LogP contribution is -2.28. The summed E-state index contributed by atoms with van der Waals surface area (Å²) in [5, 5.41) is 7.48. The van der Waals surface area contributed by atoms with Gasteiger partial charge in [0.2, 0.25) is 11.7 Å². The van der Waals surface area contributed by atoms with Crippen molar-refractivity contribution in [2.75, 3.05) is 19.7 Å². The van der Waals surface area contributed by atoms with E-state index in [4.69, 9.17) is 9.26 Å². The first kappa shape index (κ1) is 16.8. The quantitative estimate of drug-likeness (QED) is 0.916. The molecule has 0 spiro atoms. The van der Waals surface area contributed by atoms with Crippen LogP contribution in [-0.4, -0.2) is 29.8 Å². The minimum Gasteiger partial charge on any atom is -0.493 e. The maximum absolute atomic E-state index is 5.62. The Morgan fingerprint density at radius 2 is 2.05 bits per heavy atom. The van der Waals surface area contributed by atoms with Gasteiger partial charge in [0.15, 0.2) is 0 Å². The van der Waals surface area contributed by atoms with E-state index < -0.39 is 0 Å². The number of para-hydroxylation sites is 1. The van der Waals surface area contributed by atoms with Crippen LogP contribution < -0.4 is 10.1 Å². The van der Waals surface area contributed by atoms with Crippen molar-refractivity contribution in [2.45, 2.75) is 26.2 Å². The van der Waals surface area contributed by atoms with Gasteiger partial charge in [-0.3, -0.25) is 0 Å². The number of piperidine rings is 1. The lowest BCUT2D eigenvalue weighted by atomic mass is 9.95. The number of rotatable bonds is 5. The van der Waals surface area contributed by atoms with Crippen LogP contribution in [0.4, 0.5) is 0 Å². The van der Waals surface area contributed by atoms with Gasteiger partial charge in [0.05, 0.1) is 12.2 Å². The molecule has 0 atom stereocenters. The van der Waals surface area contributed by atoms with E-state index in [-0.39, 0.29) is 12.4 Å². The first-order valence-electron chi connectivity index (χ1n) is 7.62. The van der Waals surface area contributed by atoms with Gasteiger partial charge in [-0.15, -0.1) is 12.4 Å². The molecule has 0 unspecified atom stereocenters. The Balaban J connectivity index is 0.00000176. The summed E-state index contributed by atoms with van der Waals surface area (Å²) in [5.74, 6) is 2.78. The molecule has 22 heavy (non-hydrogen) atoms. The summed E-state index contributed by atoms with van der Waals surface area (Å²) in [6, 6.07) is 7.80. The topological polar surface area (TPSA) is 60.2 Å². The van der Waals surface area contributed by atoms with E-state index in [9.17, 15) is 0 Å². The molecular weight excluding hydrogens is 302 g/mol. The highest BCUT2D eigenvalue weighted by Crippen LogP contribution is 2.28. The van der Waals surface area contributed by atoms with Crippen LogP contribution >= 0.6 is 12.4 Å². The van der Waals surface area contributed by atoms with Crippen molar-refractivity contribution in [2.24, 2.45) is 5.92 Å². The van der Waals surface area contributed by atoms with Crippen molar-refractivity contribution in [3.05, 3.63) is 30.2 Å². The Hall–Kier alpha value is -1.59. The first-order valence-corrected chi connectivity index (χ1v) is 7.62. The SMILES string of the molecule is CCOc1ccccc1-c1noc(CC2CCNCC2)n1.Cl. The van der Waals surface area contributed by atoms with E-state index in [0.717, 1.165) is 36.7 Å². The van der Waals surface area contributed by atoms with Crippen molar-refractivity contribution in [1.29, 1.82) is 0 Å². The number of hydrogen-bond acceptors (Lipinski definition) is 5. The van der Waals surface area contributed by atoms with Gasteiger partial charge >= 0.3 is 0 Å². The summed E-state index contributed by atoms with van der Waals surface area (Å²) in [4.78, 5) is 4.54. The predicted octanol–water partition coefficient (Wildman–Crippen LogP) is 3.10. The second kappa shape index (κ2) is 8.15. The third-order valence-electron chi connectivity index (χ3n) is 3.82. The maximum atomic E-state index is 5.62. The minimum absolute atomic E-state index is 0. The second-order valence-electron chi connectivity index (χ2n) is 5.34. The highest BCUT2D eigenvalue weighted by Gasteiger charge is 2.18. The van der Waals surface area contributed by atoms with Crippen LogP contribution in [0.15, 0.2) is 28.8 Å². The molecule has 5 nitrogen and oxygen atoms in total. The smallest absolute Gasteiger partial charge is 0.227 e. The fraction of sp³-hybridized carbons (Fsp3) is 0.500. The molecule has 0 aliphatic carbocycles. The van der Waals surface area contributed by atoms with Crippen molar-refractivity contribution in [3.8, 4) is 17.1 Å². The van der Waals surface area contributed by atoms with Crippen molar-refractivity contribution >= 4 is 12.4 Å². The molecule has 0 bridgehead atoms. The number of benzene rings is 1. The van der Waals surface area contributed by atoms with Crippen LogP contribution in [0.25, 0.3) is 11.4 Å². The van der Waals surface area contributed by atoms with E-state index in [2.05, 4.69) is 15.5 Å². The average Bonchev–Trinajstić information content (AvgIpc) is 2.97. The third-order valence-corrected chi connectivity index (χ3v) is 3.82. The van der Waals surface area contributed by atoms with Crippen LogP contribution in [0.3, 0.4) is 0 Å². The Bertz CT molecular complexity index is 582. The number of nitrogens with one attached hydrogen (secondary N) is 1. The number of aromatic nitrogens is 2. The van der Waals surface area contributed by atoms with Gasteiger partial charge in [-0.25, -0.2) is 0 Å². The van der Waals surface area contributed by atoms with E-state index in [1.54, 1.807) is 0 Å². The zero-order valence-electron chi connectivity index (χ0n) is 12.7. The number of nitrogens with zero attached hydrogens (tertiary/aromatic N) is 2. The zero-order valence-corrected chi connectivity index (χ0v) is 13.6. The largest absolute Gasteiger partial charge is 0.493 e. The Morgan fingerprint density at radius 3 is 2.82 bits per heavy atom. The Morgan fingerprint density at radius 1 is 1.27 bits per heavy atom. The van der Waals surface area contributed by atoms with Gasteiger partial charge in [-0.05, 0) is 50.9 Å². The molecule has 0 amide bonds. The molecule has 6 heteroatoms. The van der Waals surface area contributed by atoms with Crippen molar-refractivity contribution in [1.82, 2.24) is 15.5 Å². The lowest BCUT2D eigenvalue weighted by Gasteiger charge is -2.20. The van der Waals surface area contributed by atoms with Crippen LogP contribution in [0.1, 0.15) is 25.7 Å². The van der Waals surface area contributed by atoms with Crippen molar-refractivity contribution in [3.63, 3.8) is 0 Å². The van der Waals surface area contributed by atoms with E-state index in [0.29, 0.717) is 18.3 Å². The minimum atomic E-state index is 0. The van der Waals surface area contributed by atoms with Crippen LogP contribution in [0.5, 0.6) is 5.75 Å².